The molecule has 0 aliphatic carbocycles. The number of carbonyl (C=O) groups is 2. The van der Waals surface area contributed by atoms with E-state index in [0.29, 0.717) is 13.0 Å². The van der Waals surface area contributed by atoms with Gasteiger partial charge < -0.3 is 20.7 Å². The van der Waals surface area contributed by atoms with Gasteiger partial charge in [-0.15, -0.1) is 0 Å². The lowest BCUT2D eigenvalue weighted by molar-refractivity contribution is -0.142. The number of imidazole rings is 1. The highest BCUT2D eigenvalue weighted by atomic mass is 16.4. The van der Waals surface area contributed by atoms with E-state index in [9.17, 15) is 9.59 Å². The second kappa shape index (κ2) is 7.40. The zero-order valence-corrected chi connectivity index (χ0v) is 11.1. The predicted molar refractivity (Wildman–Crippen MR) is 69.7 cm³/mol. The highest BCUT2D eigenvalue weighted by Crippen LogP contribution is 2.09. The first-order valence-electron chi connectivity index (χ1n) is 6.22. The normalized spacial score (nSPS) is 12.2. The van der Waals surface area contributed by atoms with Crippen LogP contribution in [0, 0.1) is 11.8 Å². The van der Waals surface area contributed by atoms with E-state index in [1.54, 1.807) is 12.5 Å². The minimum atomic E-state index is -0.896. The minimum Gasteiger partial charge on any atom is -0.481 e. The lowest BCUT2D eigenvalue weighted by Gasteiger charge is -2.16. The summed E-state index contributed by atoms with van der Waals surface area (Å²) in [5.41, 5.74) is 0.936. The average Bonchev–Trinajstić information content (AvgIpc) is 2.81. The summed E-state index contributed by atoms with van der Waals surface area (Å²) in [6, 6.07) is -0.355. The Morgan fingerprint density at radius 2 is 2.16 bits per heavy atom. The molecule has 2 amide bonds. The maximum absolute atomic E-state index is 11.5. The Kier molecular flexibility index (Phi) is 5.84. The molecule has 0 radical (unpaired) electrons. The standard InChI is InChI=1S/C12H20N4O3/c1-8(2)10(11(17)18)6-15-12(19)14-4-3-9-5-13-7-16-9/h5,7-8,10H,3-4,6H2,1-2H3,(H,13,16)(H,17,18)(H2,14,15,19). The molecule has 1 aromatic rings. The number of aliphatic carboxylic acids is 1. The molecule has 0 saturated carbocycles. The number of aromatic amines is 1. The Morgan fingerprint density at radius 3 is 2.68 bits per heavy atom. The largest absolute Gasteiger partial charge is 0.481 e. The quantitative estimate of drug-likeness (QED) is 0.581. The van der Waals surface area contributed by atoms with E-state index < -0.39 is 11.9 Å². The van der Waals surface area contributed by atoms with E-state index in [0.717, 1.165) is 5.69 Å². The van der Waals surface area contributed by atoms with Crippen LogP contribution in [0.4, 0.5) is 4.79 Å². The second-order valence-electron chi connectivity index (χ2n) is 4.65. The fraction of sp³-hybridized carbons (Fsp3) is 0.583. The van der Waals surface area contributed by atoms with Gasteiger partial charge in [-0.05, 0) is 5.92 Å². The third-order valence-corrected chi connectivity index (χ3v) is 2.84. The van der Waals surface area contributed by atoms with Crippen molar-refractivity contribution in [2.45, 2.75) is 20.3 Å². The van der Waals surface area contributed by atoms with Crippen LogP contribution in [-0.2, 0) is 11.2 Å². The van der Waals surface area contributed by atoms with Gasteiger partial charge in [0.15, 0.2) is 0 Å². The lowest BCUT2D eigenvalue weighted by Crippen LogP contribution is -2.41. The molecule has 4 N–H and O–H groups in total. The highest BCUT2D eigenvalue weighted by molar-refractivity contribution is 5.75. The van der Waals surface area contributed by atoms with Gasteiger partial charge in [-0.1, -0.05) is 13.8 Å². The molecule has 1 unspecified atom stereocenters. The molecule has 1 heterocycles. The summed E-state index contributed by atoms with van der Waals surface area (Å²) in [7, 11) is 0. The van der Waals surface area contributed by atoms with E-state index in [1.165, 1.54) is 0 Å². The van der Waals surface area contributed by atoms with Crippen LogP contribution >= 0.6 is 0 Å². The van der Waals surface area contributed by atoms with Gasteiger partial charge in [0.05, 0.1) is 12.2 Å². The van der Waals surface area contributed by atoms with E-state index in [-0.39, 0.29) is 18.5 Å². The fourth-order valence-electron chi connectivity index (χ4n) is 1.61. The summed E-state index contributed by atoms with van der Waals surface area (Å²) in [6.45, 7) is 4.23. The maximum atomic E-state index is 11.5. The molecule has 7 nitrogen and oxygen atoms in total. The van der Waals surface area contributed by atoms with Crippen molar-refractivity contribution in [1.82, 2.24) is 20.6 Å². The highest BCUT2D eigenvalue weighted by Gasteiger charge is 2.21. The fourth-order valence-corrected chi connectivity index (χ4v) is 1.61. The number of carbonyl (C=O) groups excluding carboxylic acids is 1. The zero-order valence-electron chi connectivity index (χ0n) is 11.1. The van der Waals surface area contributed by atoms with Crippen molar-refractivity contribution in [3.05, 3.63) is 18.2 Å². The smallest absolute Gasteiger partial charge is 0.314 e. The van der Waals surface area contributed by atoms with Crippen molar-refractivity contribution in [1.29, 1.82) is 0 Å². The first kappa shape index (κ1) is 15.0. The Bertz CT molecular complexity index is 403. The summed E-state index contributed by atoms with van der Waals surface area (Å²) in [6.07, 6.45) is 3.92. The number of hydrogen-bond acceptors (Lipinski definition) is 3. The number of urea groups is 1. The van der Waals surface area contributed by atoms with Gasteiger partial charge in [-0.25, -0.2) is 9.78 Å². The number of nitrogens with zero attached hydrogens (tertiary/aromatic N) is 1. The Labute approximate surface area is 111 Å². The van der Waals surface area contributed by atoms with E-state index in [2.05, 4.69) is 20.6 Å². The first-order valence-corrected chi connectivity index (χ1v) is 6.22. The molecular formula is C12H20N4O3. The van der Waals surface area contributed by atoms with Crippen molar-refractivity contribution in [3.8, 4) is 0 Å². The Balaban J connectivity index is 2.22. The summed E-state index contributed by atoms with van der Waals surface area (Å²) >= 11 is 0. The third-order valence-electron chi connectivity index (χ3n) is 2.84. The van der Waals surface area contributed by atoms with E-state index in [1.807, 2.05) is 13.8 Å². The molecule has 0 saturated heterocycles. The molecule has 1 aromatic heterocycles. The van der Waals surface area contributed by atoms with Crippen LogP contribution in [0.2, 0.25) is 0 Å². The van der Waals surface area contributed by atoms with Crippen LogP contribution in [0.25, 0.3) is 0 Å². The molecule has 0 fully saturated rings. The number of hydrogen-bond donors (Lipinski definition) is 4. The topological polar surface area (TPSA) is 107 Å². The molecule has 0 spiro atoms. The van der Waals surface area contributed by atoms with Crippen molar-refractivity contribution in [3.63, 3.8) is 0 Å². The molecule has 0 aliphatic rings. The van der Waals surface area contributed by atoms with Crippen molar-refractivity contribution < 1.29 is 14.7 Å². The van der Waals surface area contributed by atoms with Crippen LogP contribution in [0.5, 0.6) is 0 Å². The monoisotopic (exact) mass is 268 g/mol. The molecule has 1 rings (SSSR count). The number of H-pyrrole nitrogens is 1. The van der Waals surface area contributed by atoms with Crippen molar-refractivity contribution >= 4 is 12.0 Å². The molecule has 19 heavy (non-hydrogen) atoms. The van der Waals surface area contributed by atoms with E-state index in [4.69, 9.17) is 5.11 Å². The number of carboxylic acid groups (broad SMARTS) is 1. The number of amides is 2. The number of carboxylic acids is 1. The second-order valence-corrected chi connectivity index (χ2v) is 4.65. The van der Waals surface area contributed by atoms with Gasteiger partial charge in [0.1, 0.15) is 0 Å². The van der Waals surface area contributed by atoms with Crippen molar-refractivity contribution in [2.24, 2.45) is 11.8 Å². The van der Waals surface area contributed by atoms with Crippen molar-refractivity contribution in [2.75, 3.05) is 13.1 Å². The van der Waals surface area contributed by atoms with E-state index >= 15 is 0 Å². The molecule has 0 bridgehead atoms. The van der Waals surface area contributed by atoms with Gasteiger partial charge >= 0.3 is 12.0 Å². The SMILES string of the molecule is CC(C)C(CNC(=O)NCCc1cnc[nH]1)C(=O)O. The first-order chi connectivity index (χ1) is 9.00. The molecule has 7 heteroatoms. The zero-order chi connectivity index (χ0) is 14.3. The third kappa shape index (κ3) is 5.41. The summed E-state index contributed by atoms with van der Waals surface area (Å²) < 4.78 is 0. The average molecular weight is 268 g/mol. The molecular weight excluding hydrogens is 248 g/mol. The Hall–Kier alpha value is -2.05. The van der Waals surface area contributed by atoms with Gasteiger partial charge in [-0.3, -0.25) is 4.79 Å². The molecule has 0 aliphatic heterocycles. The van der Waals surface area contributed by atoms with Crippen LogP contribution in [0.1, 0.15) is 19.5 Å². The maximum Gasteiger partial charge on any atom is 0.314 e. The van der Waals surface area contributed by atoms with Gasteiger partial charge in [0, 0.05) is 31.4 Å². The number of aromatic nitrogens is 2. The van der Waals surface area contributed by atoms with Gasteiger partial charge in [0.25, 0.3) is 0 Å². The lowest BCUT2D eigenvalue weighted by atomic mass is 9.96. The summed E-state index contributed by atoms with van der Waals surface area (Å²) in [4.78, 5) is 29.2. The van der Waals surface area contributed by atoms with Crippen LogP contribution < -0.4 is 10.6 Å². The number of nitrogens with one attached hydrogen (secondary N) is 3. The van der Waals surface area contributed by atoms with Gasteiger partial charge in [0.2, 0.25) is 0 Å². The predicted octanol–water partition coefficient (Wildman–Crippen LogP) is 0.608. The molecule has 0 aromatic carbocycles. The molecule has 106 valence electrons. The minimum absolute atomic E-state index is 0.0252. The van der Waals surface area contributed by atoms with Crippen LogP contribution in [0.3, 0.4) is 0 Å². The number of rotatable bonds is 7. The summed E-state index contributed by atoms with van der Waals surface area (Å²) in [5, 5.41) is 14.2. The summed E-state index contributed by atoms with van der Waals surface area (Å²) in [5.74, 6) is -1.49. The van der Waals surface area contributed by atoms with Gasteiger partial charge in [-0.2, -0.15) is 0 Å². The Morgan fingerprint density at radius 1 is 1.42 bits per heavy atom. The van der Waals surface area contributed by atoms with Crippen LogP contribution in [0.15, 0.2) is 12.5 Å². The molecule has 1 atom stereocenters. The van der Waals surface area contributed by atoms with Crippen LogP contribution in [-0.4, -0.2) is 40.2 Å².